The fourth-order valence-electron chi connectivity index (χ4n) is 2.73. The average Bonchev–Trinajstić information content (AvgIpc) is 2.39. The van der Waals surface area contributed by atoms with Crippen molar-refractivity contribution in [3.05, 3.63) is 11.9 Å². The van der Waals surface area contributed by atoms with Gasteiger partial charge in [0, 0.05) is 26.7 Å². The maximum absolute atomic E-state index is 4.52. The molecule has 1 aliphatic rings. The summed E-state index contributed by atoms with van der Waals surface area (Å²) in [4.78, 5) is 11.1. The highest BCUT2D eigenvalue weighted by Gasteiger charge is 2.16. The van der Waals surface area contributed by atoms with Crippen molar-refractivity contribution in [3.63, 3.8) is 0 Å². The fraction of sp³-hybridized carbons (Fsp3) is 0.714. The van der Waals surface area contributed by atoms with Crippen molar-refractivity contribution in [2.45, 2.75) is 39.0 Å². The third-order valence-corrected chi connectivity index (χ3v) is 3.73. The Hall–Kier alpha value is -1.32. The van der Waals surface area contributed by atoms with Gasteiger partial charge in [0.05, 0.1) is 0 Å². The van der Waals surface area contributed by atoms with Crippen LogP contribution < -0.4 is 10.2 Å². The Balaban J connectivity index is 2.02. The van der Waals surface area contributed by atoms with Crippen molar-refractivity contribution in [2.24, 2.45) is 5.92 Å². The molecule has 0 aromatic carbocycles. The molecule has 1 aromatic heterocycles. The number of aromatic nitrogens is 2. The molecule has 1 fully saturated rings. The predicted octanol–water partition coefficient (Wildman–Crippen LogP) is 2.84. The lowest BCUT2D eigenvalue weighted by Crippen LogP contribution is -2.27. The van der Waals surface area contributed by atoms with Crippen molar-refractivity contribution < 1.29 is 0 Å². The van der Waals surface area contributed by atoms with E-state index in [2.05, 4.69) is 27.2 Å². The molecule has 18 heavy (non-hydrogen) atoms. The highest BCUT2D eigenvalue weighted by atomic mass is 15.2. The van der Waals surface area contributed by atoms with Crippen molar-refractivity contribution in [1.82, 2.24) is 9.97 Å². The molecule has 0 amide bonds. The molecule has 1 aromatic rings. The summed E-state index contributed by atoms with van der Waals surface area (Å²) in [7, 11) is 4.03. The van der Waals surface area contributed by atoms with E-state index >= 15 is 0 Å². The maximum Gasteiger partial charge on any atom is 0.134 e. The molecule has 0 saturated heterocycles. The van der Waals surface area contributed by atoms with Crippen molar-refractivity contribution in [2.75, 3.05) is 30.9 Å². The van der Waals surface area contributed by atoms with Crippen LogP contribution in [0.4, 0.5) is 11.6 Å². The maximum atomic E-state index is 4.52. The van der Waals surface area contributed by atoms with E-state index in [1.165, 1.54) is 32.1 Å². The first-order valence-corrected chi connectivity index (χ1v) is 6.93. The van der Waals surface area contributed by atoms with Gasteiger partial charge in [-0.15, -0.1) is 0 Å². The largest absolute Gasteiger partial charge is 0.373 e. The lowest BCUT2D eigenvalue weighted by molar-refractivity contribution is 0.361. The van der Waals surface area contributed by atoms with Crippen LogP contribution in [0, 0.1) is 12.8 Å². The van der Waals surface area contributed by atoms with Crippen molar-refractivity contribution in [1.29, 1.82) is 0 Å². The molecule has 0 spiro atoms. The van der Waals surface area contributed by atoms with Gasteiger partial charge >= 0.3 is 0 Å². The lowest BCUT2D eigenvalue weighted by Gasteiger charge is -2.27. The summed E-state index contributed by atoms with van der Waals surface area (Å²) < 4.78 is 0. The van der Waals surface area contributed by atoms with Gasteiger partial charge in [-0.1, -0.05) is 19.3 Å². The molecule has 2 rings (SSSR count). The third kappa shape index (κ3) is 3.34. The van der Waals surface area contributed by atoms with Gasteiger partial charge in [0.25, 0.3) is 0 Å². The average molecular weight is 248 g/mol. The Morgan fingerprint density at radius 1 is 1.28 bits per heavy atom. The number of nitrogens with one attached hydrogen (secondary N) is 1. The molecule has 1 aliphatic carbocycles. The molecule has 1 N–H and O–H groups in total. The van der Waals surface area contributed by atoms with E-state index < -0.39 is 0 Å². The molecule has 0 atom stereocenters. The minimum absolute atomic E-state index is 0.826. The Morgan fingerprint density at radius 3 is 2.67 bits per heavy atom. The molecule has 0 bridgehead atoms. The number of hydrogen-bond acceptors (Lipinski definition) is 4. The van der Waals surface area contributed by atoms with Gasteiger partial charge in [-0.3, -0.25) is 0 Å². The van der Waals surface area contributed by atoms with Crippen LogP contribution >= 0.6 is 0 Å². The summed E-state index contributed by atoms with van der Waals surface area (Å²) in [6.45, 7) is 3.05. The molecular formula is C14H24N4. The minimum atomic E-state index is 0.826. The molecular weight excluding hydrogens is 224 g/mol. The number of nitrogens with zero attached hydrogens (tertiary/aromatic N) is 3. The summed E-state index contributed by atoms with van der Waals surface area (Å²) in [6, 6.07) is 2.02. The van der Waals surface area contributed by atoms with Crippen LogP contribution in [-0.2, 0) is 0 Å². The van der Waals surface area contributed by atoms with E-state index in [-0.39, 0.29) is 0 Å². The zero-order chi connectivity index (χ0) is 13.0. The Labute approximate surface area is 110 Å². The predicted molar refractivity (Wildman–Crippen MR) is 76.2 cm³/mol. The second kappa shape index (κ2) is 6.03. The summed E-state index contributed by atoms with van der Waals surface area (Å²) in [5, 5.41) is 3.09. The molecule has 1 saturated carbocycles. The molecule has 0 unspecified atom stereocenters. The molecule has 4 heteroatoms. The van der Waals surface area contributed by atoms with E-state index in [9.17, 15) is 0 Å². The molecule has 0 aliphatic heterocycles. The molecule has 100 valence electrons. The highest BCUT2D eigenvalue weighted by Crippen LogP contribution is 2.25. The molecule has 0 radical (unpaired) electrons. The Morgan fingerprint density at radius 2 is 2.00 bits per heavy atom. The van der Waals surface area contributed by atoms with Gasteiger partial charge in [0.1, 0.15) is 17.5 Å². The van der Waals surface area contributed by atoms with Gasteiger partial charge in [-0.2, -0.15) is 0 Å². The fourth-order valence-corrected chi connectivity index (χ4v) is 2.73. The topological polar surface area (TPSA) is 41.0 Å². The van der Waals surface area contributed by atoms with Gasteiger partial charge < -0.3 is 10.2 Å². The smallest absolute Gasteiger partial charge is 0.134 e. The summed E-state index contributed by atoms with van der Waals surface area (Å²) >= 11 is 0. The van der Waals surface area contributed by atoms with E-state index in [1.54, 1.807) is 0 Å². The summed E-state index contributed by atoms with van der Waals surface area (Å²) in [5.41, 5.74) is 0. The van der Waals surface area contributed by atoms with E-state index in [0.29, 0.717) is 0 Å². The van der Waals surface area contributed by atoms with E-state index in [4.69, 9.17) is 0 Å². The first kappa shape index (κ1) is 13.1. The third-order valence-electron chi connectivity index (χ3n) is 3.73. The minimum Gasteiger partial charge on any atom is -0.373 e. The quantitative estimate of drug-likeness (QED) is 0.889. The number of aryl methyl sites for hydroxylation is 1. The number of hydrogen-bond donors (Lipinski definition) is 1. The number of anilines is 2. The van der Waals surface area contributed by atoms with Gasteiger partial charge in [0.2, 0.25) is 0 Å². The molecule has 1 heterocycles. The first-order chi connectivity index (χ1) is 8.69. The van der Waals surface area contributed by atoms with Crippen molar-refractivity contribution >= 4 is 11.6 Å². The van der Waals surface area contributed by atoms with Gasteiger partial charge in [-0.25, -0.2) is 9.97 Å². The monoisotopic (exact) mass is 248 g/mol. The van der Waals surface area contributed by atoms with Crippen LogP contribution in [0.25, 0.3) is 0 Å². The molecule has 4 nitrogen and oxygen atoms in total. The zero-order valence-electron chi connectivity index (χ0n) is 11.7. The van der Waals surface area contributed by atoms with Crippen LogP contribution in [0.1, 0.15) is 37.9 Å². The Kier molecular flexibility index (Phi) is 4.39. The van der Waals surface area contributed by atoms with E-state index in [1.807, 2.05) is 20.0 Å². The van der Waals surface area contributed by atoms with Crippen LogP contribution in [0.3, 0.4) is 0 Å². The lowest BCUT2D eigenvalue weighted by atomic mass is 9.89. The van der Waals surface area contributed by atoms with Crippen LogP contribution in [0.15, 0.2) is 6.07 Å². The van der Waals surface area contributed by atoms with Crippen LogP contribution in [-0.4, -0.2) is 30.6 Å². The normalized spacial score (nSPS) is 16.6. The van der Waals surface area contributed by atoms with Crippen LogP contribution in [0.5, 0.6) is 0 Å². The Bertz CT molecular complexity index is 385. The van der Waals surface area contributed by atoms with E-state index in [0.717, 1.165) is 29.9 Å². The van der Waals surface area contributed by atoms with Crippen molar-refractivity contribution in [3.8, 4) is 0 Å². The summed E-state index contributed by atoms with van der Waals surface area (Å²) in [6.07, 6.45) is 6.93. The highest BCUT2D eigenvalue weighted by molar-refractivity contribution is 5.48. The SMILES string of the molecule is CNc1cc(N(C)CC2CCCCC2)nc(C)n1. The van der Waals surface area contributed by atoms with Crippen LogP contribution in [0.2, 0.25) is 0 Å². The standard InChI is InChI=1S/C14H24N4/c1-11-16-13(15-2)9-14(17-11)18(3)10-12-7-5-4-6-8-12/h9,12H,4-8,10H2,1-3H3,(H,15,16,17). The number of rotatable bonds is 4. The first-order valence-electron chi connectivity index (χ1n) is 6.93. The second-order valence-electron chi connectivity index (χ2n) is 5.29. The second-order valence-corrected chi connectivity index (χ2v) is 5.29. The zero-order valence-corrected chi connectivity index (χ0v) is 11.7. The summed E-state index contributed by atoms with van der Waals surface area (Å²) in [5.74, 6) is 3.58. The van der Waals surface area contributed by atoms with Gasteiger partial charge in [0.15, 0.2) is 0 Å². The van der Waals surface area contributed by atoms with Gasteiger partial charge in [-0.05, 0) is 25.7 Å².